The highest BCUT2D eigenvalue weighted by molar-refractivity contribution is 5.80. The Morgan fingerprint density at radius 2 is 1.62 bits per heavy atom. The number of primary amides is 1. The number of hydrogen-bond donors (Lipinski definition) is 1. The standard InChI is InChI=1S/C14H21F3N2O2/c15-14(16,17)11-3-1-2-10(8-11)13(21)19-6-4-9(5-7-19)12(18)20/h9-11H,1-8H2,(H2,18,20)/t10-,11-/m1/s1. The molecule has 120 valence electrons. The maximum absolute atomic E-state index is 12.8. The molecule has 0 aromatic carbocycles. The van der Waals surface area contributed by atoms with Gasteiger partial charge in [-0.2, -0.15) is 13.2 Å². The summed E-state index contributed by atoms with van der Waals surface area (Å²) in [6.07, 6.45) is -2.19. The summed E-state index contributed by atoms with van der Waals surface area (Å²) in [7, 11) is 0. The van der Waals surface area contributed by atoms with E-state index in [1.165, 1.54) is 0 Å². The van der Waals surface area contributed by atoms with Gasteiger partial charge in [-0.15, -0.1) is 0 Å². The summed E-state index contributed by atoms with van der Waals surface area (Å²) in [5.74, 6) is -2.66. The molecule has 1 heterocycles. The molecule has 2 N–H and O–H groups in total. The second-order valence-corrected chi connectivity index (χ2v) is 6.10. The lowest BCUT2D eigenvalue weighted by molar-refractivity contribution is -0.187. The monoisotopic (exact) mass is 306 g/mol. The molecule has 1 aliphatic carbocycles. The Hall–Kier alpha value is -1.27. The van der Waals surface area contributed by atoms with Crippen molar-refractivity contribution in [2.75, 3.05) is 13.1 Å². The summed E-state index contributed by atoms with van der Waals surface area (Å²) >= 11 is 0. The number of piperidine rings is 1. The number of likely N-dealkylation sites (tertiary alicyclic amines) is 1. The maximum Gasteiger partial charge on any atom is 0.391 e. The fourth-order valence-electron chi connectivity index (χ4n) is 3.35. The van der Waals surface area contributed by atoms with E-state index in [4.69, 9.17) is 5.73 Å². The lowest BCUT2D eigenvalue weighted by atomic mass is 9.80. The highest BCUT2D eigenvalue weighted by atomic mass is 19.4. The molecule has 21 heavy (non-hydrogen) atoms. The van der Waals surface area contributed by atoms with Crippen LogP contribution in [0, 0.1) is 17.8 Å². The molecule has 7 heteroatoms. The fraction of sp³-hybridized carbons (Fsp3) is 0.857. The number of amides is 2. The van der Waals surface area contributed by atoms with E-state index in [-0.39, 0.29) is 30.6 Å². The van der Waals surface area contributed by atoms with Gasteiger partial charge in [0.2, 0.25) is 11.8 Å². The first-order chi connectivity index (χ1) is 9.79. The average molecular weight is 306 g/mol. The van der Waals surface area contributed by atoms with Crippen molar-refractivity contribution in [2.45, 2.75) is 44.7 Å². The van der Waals surface area contributed by atoms with E-state index in [9.17, 15) is 22.8 Å². The van der Waals surface area contributed by atoms with Crippen molar-refractivity contribution >= 4 is 11.8 Å². The van der Waals surface area contributed by atoms with Crippen molar-refractivity contribution in [3.8, 4) is 0 Å². The third-order valence-corrected chi connectivity index (χ3v) is 4.70. The summed E-state index contributed by atoms with van der Waals surface area (Å²) in [6.45, 7) is 0.833. The minimum absolute atomic E-state index is 0.0991. The molecule has 0 aromatic heterocycles. The normalized spacial score (nSPS) is 28.4. The third kappa shape index (κ3) is 3.89. The van der Waals surface area contributed by atoms with E-state index >= 15 is 0 Å². The second kappa shape index (κ2) is 6.23. The Kier molecular flexibility index (Phi) is 4.78. The zero-order chi connectivity index (χ0) is 15.6. The van der Waals surface area contributed by atoms with E-state index in [1.807, 2.05) is 0 Å². The van der Waals surface area contributed by atoms with Gasteiger partial charge in [0.05, 0.1) is 5.92 Å². The predicted octanol–water partition coefficient (Wildman–Crippen LogP) is 2.08. The quantitative estimate of drug-likeness (QED) is 0.849. The number of nitrogens with zero attached hydrogens (tertiary/aromatic N) is 1. The largest absolute Gasteiger partial charge is 0.391 e. The number of nitrogens with two attached hydrogens (primary N) is 1. The highest BCUT2D eigenvalue weighted by Crippen LogP contribution is 2.40. The van der Waals surface area contributed by atoms with Crippen LogP contribution in [-0.4, -0.2) is 36.0 Å². The molecule has 1 saturated heterocycles. The minimum Gasteiger partial charge on any atom is -0.369 e. The molecule has 2 atom stereocenters. The van der Waals surface area contributed by atoms with Crippen LogP contribution in [-0.2, 0) is 9.59 Å². The van der Waals surface area contributed by atoms with Gasteiger partial charge in [0.15, 0.2) is 0 Å². The Morgan fingerprint density at radius 1 is 1.00 bits per heavy atom. The highest BCUT2D eigenvalue weighted by Gasteiger charge is 2.44. The zero-order valence-electron chi connectivity index (χ0n) is 11.9. The molecule has 0 radical (unpaired) electrons. The molecule has 2 aliphatic rings. The van der Waals surface area contributed by atoms with Crippen LogP contribution >= 0.6 is 0 Å². The molecule has 0 spiro atoms. The number of rotatable bonds is 2. The van der Waals surface area contributed by atoms with E-state index in [2.05, 4.69) is 0 Å². The zero-order valence-corrected chi connectivity index (χ0v) is 11.9. The first-order valence-corrected chi connectivity index (χ1v) is 7.44. The fourth-order valence-corrected chi connectivity index (χ4v) is 3.35. The number of alkyl halides is 3. The van der Waals surface area contributed by atoms with Gasteiger partial charge in [0.1, 0.15) is 0 Å². The Balaban J connectivity index is 1.90. The van der Waals surface area contributed by atoms with E-state index in [0.717, 1.165) is 0 Å². The van der Waals surface area contributed by atoms with Crippen molar-refractivity contribution in [1.82, 2.24) is 4.90 Å². The van der Waals surface area contributed by atoms with Gasteiger partial charge < -0.3 is 10.6 Å². The molecular weight excluding hydrogens is 285 g/mol. The molecule has 0 bridgehead atoms. The van der Waals surface area contributed by atoms with Crippen LogP contribution < -0.4 is 5.73 Å². The van der Waals surface area contributed by atoms with Gasteiger partial charge in [-0.05, 0) is 32.1 Å². The van der Waals surface area contributed by atoms with Crippen molar-refractivity contribution in [3.05, 3.63) is 0 Å². The van der Waals surface area contributed by atoms with Crippen LogP contribution in [0.5, 0.6) is 0 Å². The van der Waals surface area contributed by atoms with Crippen LogP contribution in [0.3, 0.4) is 0 Å². The Morgan fingerprint density at radius 3 is 2.14 bits per heavy atom. The number of halogens is 3. The summed E-state index contributed by atoms with van der Waals surface area (Å²) in [5, 5.41) is 0. The van der Waals surface area contributed by atoms with E-state index in [0.29, 0.717) is 38.8 Å². The van der Waals surface area contributed by atoms with Gasteiger partial charge in [0, 0.05) is 24.9 Å². The average Bonchev–Trinajstić information content (AvgIpc) is 2.46. The topological polar surface area (TPSA) is 63.4 Å². The smallest absolute Gasteiger partial charge is 0.369 e. The van der Waals surface area contributed by atoms with Crippen molar-refractivity contribution in [2.24, 2.45) is 23.5 Å². The van der Waals surface area contributed by atoms with Crippen LogP contribution in [0.15, 0.2) is 0 Å². The van der Waals surface area contributed by atoms with Gasteiger partial charge >= 0.3 is 6.18 Å². The van der Waals surface area contributed by atoms with Gasteiger partial charge in [-0.1, -0.05) is 6.42 Å². The molecular formula is C14H21F3N2O2. The van der Waals surface area contributed by atoms with Crippen LogP contribution in [0.2, 0.25) is 0 Å². The predicted molar refractivity (Wildman–Crippen MR) is 70.0 cm³/mol. The molecule has 1 aliphatic heterocycles. The summed E-state index contributed by atoms with van der Waals surface area (Å²) in [6, 6.07) is 0. The Labute approximate surface area is 121 Å². The minimum atomic E-state index is -4.21. The van der Waals surface area contributed by atoms with E-state index < -0.39 is 18.0 Å². The number of carbonyl (C=O) groups is 2. The van der Waals surface area contributed by atoms with Gasteiger partial charge in [-0.25, -0.2) is 0 Å². The van der Waals surface area contributed by atoms with Gasteiger partial charge in [-0.3, -0.25) is 9.59 Å². The molecule has 4 nitrogen and oxygen atoms in total. The first-order valence-electron chi connectivity index (χ1n) is 7.44. The van der Waals surface area contributed by atoms with Crippen LogP contribution in [0.4, 0.5) is 13.2 Å². The second-order valence-electron chi connectivity index (χ2n) is 6.10. The molecule has 0 aromatic rings. The summed E-state index contributed by atoms with van der Waals surface area (Å²) < 4.78 is 38.4. The van der Waals surface area contributed by atoms with E-state index in [1.54, 1.807) is 4.90 Å². The van der Waals surface area contributed by atoms with Crippen molar-refractivity contribution < 1.29 is 22.8 Å². The molecule has 1 saturated carbocycles. The summed E-state index contributed by atoms with van der Waals surface area (Å²) in [4.78, 5) is 25.0. The lowest BCUT2D eigenvalue weighted by Crippen LogP contribution is -2.45. The van der Waals surface area contributed by atoms with Crippen LogP contribution in [0.1, 0.15) is 38.5 Å². The molecule has 0 unspecified atom stereocenters. The van der Waals surface area contributed by atoms with Crippen molar-refractivity contribution in [1.29, 1.82) is 0 Å². The van der Waals surface area contributed by atoms with Gasteiger partial charge in [0.25, 0.3) is 0 Å². The molecule has 2 amide bonds. The Bertz CT molecular complexity index is 404. The number of hydrogen-bond acceptors (Lipinski definition) is 2. The third-order valence-electron chi connectivity index (χ3n) is 4.70. The van der Waals surface area contributed by atoms with Crippen LogP contribution in [0.25, 0.3) is 0 Å². The molecule has 2 rings (SSSR count). The molecule has 2 fully saturated rings. The lowest BCUT2D eigenvalue weighted by Gasteiger charge is -2.36. The number of carbonyl (C=O) groups excluding carboxylic acids is 2. The summed E-state index contributed by atoms with van der Waals surface area (Å²) in [5.41, 5.74) is 5.23. The van der Waals surface area contributed by atoms with Crippen molar-refractivity contribution in [3.63, 3.8) is 0 Å². The SMILES string of the molecule is NC(=O)C1CCN(C(=O)[C@@H]2CCC[C@@H](C(F)(F)F)C2)CC1. The first kappa shape index (κ1) is 16.1. The maximum atomic E-state index is 12.8.